The van der Waals surface area contributed by atoms with Gasteiger partial charge in [0.1, 0.15) is 5.82 Å². The monoisotopic (exact) mass is 247 g/mol. The van der Waals surface area contributed by atoms with E-state index in [-0.39, 0.29) is 12.2 Å². The SMILES string of the molecule is Cc1ccc(-c2ccc(F)cc2)n1CCC(=O)O. The number of hydrogen-bond donors (Lipinski definition) is 1. The first kappa shape index (κ1) is 12.4. The van der Waals surface area contributed by atoms with Crippen molar-refractivity contribution < 1.29 is 14.3 Å². The Morgan fingerprint density at radius 1 is 1.22 bits per heavy atom. The molecule has 2 aromatic rings. The van der Waals surface area contributed by atoms with Crippen LogP contribution in [0, 0.1) is 12.7 Å². The molecule has 0 atom stereocenters. The van der Waals surface area contributed by atoms with Crippen LogP contribution < -0.4 is 0 Å². The fraction of sp³-hybridized carbons (Fsp3) is 0.214. The van der Waals surface area contributed by atoms with Crippen LogP contribution in [0.25, 0.3) is 11.3 Å². The van der Waals surface area contributed by atoms with E-state index in [4.69, 9.17) is 5.11 Å². The first-order valence-corrected chi connectivity index (χ1v) is 5.72. The second-order valence-electron chi connectivity index (χ2n) is 4.16. The van der Waals surface area contributed by atoms with Gasteiger partial charge in [0.25, 0.3) is 0 Å². The Morgan fingerprint density at radius 3 is 2.50 bits per heavy atom. The third-order valence-electron chi connectivity index (χ3n) is 2.89. The van der Waals surface area contributed by atoms with E-state index >= 15 is 0 Å². The minimum absolute atomic E-state index is 0.0731. The average molecular weight is 247 g/mol. The van der Waals surface area contributed by atoms with Crippen molar-refractivity contribution in [1.82, 2.24) is 4.57 Å². The molecule has 2 rings (SSSR count). The molecule has 0 fully saturated rings. The van der Waals surface area contributed by atoms with Crippen molar-refractivity contribution in [3.63, 3.8) is 0 Å². The lowest BCUT2D eigenvalue weighted by Gasteiger charge is -2.10. The first-order valence-electron chi connectivity index (χ1n) is 5.72. The number of benzene rings is 1. The van der Waals surface area contributed by atoms with Crippen LogP contribution in [-0.2, 0) is 11.3 Å². The van der Waals surface area contributed by atoms with Crippen LogP contribution >= 0.6 is 0 Å². The molecule has 0 bridgehead atoms. The summed E-state index contributed by atoms with van der Waals surface area (Å²) in [5.41, 5.74) is 2.79. The Bertz CT molecular complexity index is 558. The molecule has 18 heavy (non-hydrogen) atoms. The van der Waals surface area contributed by atoms with Gasteiger partial charge in [-0.15, -0.1) is 0 Å². The normalized spacial score (nSPS) is 10.6. The predicted molar refractivity (Wildman–Crippen MR) is 66.8 cm³/mol. The molecule has 0 spiro atoms. The summed E-state index contributed by atoms with van der Waals surface area (Å²) < 4.78 is 14.8. The van der Waals surface area contributed by atoms with Gasteiger partial charge in [0.2, 0.25) is 0 Å². The first-order chi connectivity index (χ1) is 8.58. The lowest BCUT2D eigenvalue weighted by molar-refractivity contribution is -0.137. The van der Waals surface area contributed by atoms with Gasteiger partial charge in [-0.3, -0.25) is 4.79 Å². The molecule has 0 unspecified atom stereocenters. The van der Waals surface area contributed by atoms with E-state index in [1.165, 1.54) is 12.1 Å². The third-order valence-corrected chi connectivity index (χ3v) is 2.89. The zero-order chi connectivity index (χ0) is 13.1. The number of nitrogens with zero attached hydrogens (tertiary/aromatic N) is 1. The number of aromatic nitrogens is 1. The predicted octanol–water partition coefficient (Wildman–Crippen LogP) is 3.08. The van der Waals surface area contributed by atoms with Gasteiger partial charge in [-0.05, 0) is 48.9 Å². The fourth-order valence-electron chi connectivity index (χ4n) is 1.95. The minimum atomic E-state index is -0.826. The quantitative estimate of drug-likeness (QED) is 0.902. The van der Waals surface area contributed by atoms with Crippen LogP contribution in [0.5, 0.6) is 0 Å². The fourth-order valence-corrected chi connectivity index (χ4v) is 1.95. The van der Waals surface area contributed by atoms with Gasteiger partial charge in [-0.1, -0.05) is 0 Å². The van der Waals surface area contributed by atoms with Crippen LogP contribution in [0.3, 0.4) is 0 Å². The molecule has 1 heterocycles. The van der Waals surface area contributed by atoms with Crippen molar-refractivity contribution in [1.29, 1.82) is 0 Å². The Kier molecular flexibility index (Phi) is 3.46. The molecule has 0 aliphatic carbocycles. The Labute approximate surface area is 104 Å². The Hall–Kier alpha value is -2.10. The highest BCUT2D eigenvalue weighted by Gasteiger charge is 2.08. The van der Waals surface area contributed by atoms with Crippen LogP contribution in [0.1, 0.15) is 12.1 Å². The lowest BCUT2D eigenvalue weighted by atomic mass is 10.1. The van der Waals surface area contributed by atoms with E-state index in [1.54, 1.807) is 12.1 Å². The van der Waals surface area contributed by atoms with E-state index < -0.39 is 5.97 Å². The number of halogens is 1. The Morgan fingerprint density at radius 2 is 1.89 bits per heavy atom. The van der Waals surface area contributed by atoms with Crippen LogP contribution in [0.2, 0.25) is 0 Å². The third kappa shape index (κ3) is 2.59. The highest BCUT2D eigenvalue weighted by molar-refractivity contribution is 5.67. The summed E-state index contributed by atoms with van der Waals surface area (Å²) in [6, 6.07) is 10.0. The van der Waals surface area contributed by atoms with E-state index in [1.807, 2.05) is 23.6 Å². The molecule has 4 heteroatoms. The van der Waals surface area contributed by atoms with Crippen LogP contribution in [0.4, 0.5) is 4.39 Å². The highest BCUT2D eigenvalue weighted by Crippen LogP contribution is 2.23. The van der Waals surface area contributed by atoms with Gasteiger partial charge in [0.15, 0.2) is 0 Å². The molecule has 3 nitrogen and oxygen atoms in total. The average Bonchev–Trinajstić information content (AvgIpc) is 2.69. The number of hydrogen-bond acceptors (Lipinski definition) is 1. The molecule has 94 valence electrons. The van der Waals surface area contributed by atoms with Crippen molar-refractivity contribution in [3.05, 3.63) is 47.9 Å². The zero-order valence-electron chi connectivity index (χ0n) is 10.1. The summed E-state index contributed by atoms with van der Waals surface area (Å²) >= 11 is 0. The number of carboxylic acid groups (broad SMARTS) is 1. The van der Waals surface area contributed by atoms with E-state index in [0.717, 1.165) is 17.0 Å². The number of aliphatic carboxylic acids is 1. The molecule has 1 aromatic heterocycles. The van der Waals surface area contributed by atoms with Gasteiger partial charge in [-0.25, -0.2) is 4.39 Å². The van der Waals surface area contributed by atoms with E-state index in [2.05, 4.69) is 0 Å². The van der Waals surface area contributed by atoms with Crippen molar-refractivity contribution in [2.24, 2.45) is 0 Å². The molecule has 0 amide bonds. The zero-order valence-corrected chi connectivity index (χ0v) is 10.1. The standard InChI is InChI=1S/C14H14FNO2/c1-10-2-7-13(16(10)9-8-14(17)18)11-3-5-12(15)6-4-11/h2-7H,8-9H2,1H3,(H,17,18). The molecule has 0 saturated carbocycles. The molecule has 1 N–H and O–H groups in total. The second kappa shape index (κ2) is 5.04. The van der Waals surface area contributed by atoms with Gasteiger partial charge in [0, 0.05) is 17.9 Å². The van der Waals surface area contributed by atoms with Crippen molar-refractivity contribution in [2.45, 2.75) is 19.9 Å². The summed E-state index contributed by atoms with van der Waals surface area (Å²) in [7, 11) is 0. The van der Waals surface area contributed by atoms with Gasteiger partial charge >= 0.3 is 5.97 Å². The molecule has 0 saturated heterocycles. The number of carboxylic acids is 1. The van der Waals surface area contributed by atoms with Crippen LogP contribution in [-0.4, -0.2) is 15.6 Å². The molecule has 0 aliphatic rings. The van der Waals surface area contributed by atoms with Gasteiger partial charge in [-0.2, -0.15) is 0 Å². The number of carbonyl (C=O) groups is 1. The largest absolute Gasteiger partial charge is 0.481 e. The summed E-state index contributed by atoms with van der Waals surface area (Å²) in [5, 5.41) is 8.74. The maximum absolute atomic E-state index is 12.9. The van der Waals surface area contributed by atoms with E-state index in [0.29, 0.717) is 6.54 Å². The van der Waals surface area contributed by atoms with E-state index in [9.17, 15) is 9.18 Å². The highest BCUT2D eigenvalue weighted by atomic mass is 19.1. The smallest absolute Gasteiger partial charge is 0.305 e. The summed E-state index contributed by atoms with van der Waals surface area (Å²) in [4.78, 5) is 10.6. The number of aryl methyl sites for hydroxylation is 1. The van der Waals surface area contributed by atoms with Crippen molar-refractivity contribution in [2.75, 3.05) is 0 Å². The van der Waals surface area contributed by atoms with Crippen molar-refractivity contribution >= 4 is 5.97 Å². The topological polar surface area (TPSA) is 42.2 Å². The van der Waals surface area contributed by atoms with Gasteiger partial charge < -0.3 is 9.67 Å². The molecule has 0 radical (unpaired) electrons. The van der Waals surface area contributed by atoms with Crippen LogP contribution in [0.15, 0.2) is 36.4 Å². The van der Waals surface area contributed by atoms with Crippen molar-refractivity contribution in [3.8, 4) is 11.3 Å². The van der Waals surface area contributed by atoms with Gasteiger partial charge in [0.05, 0.1) is 6.42 Å². The summed E-state index contributed by atoms with van der Waals surface area (Å²) in [5.74, 6) is -1.10. The second-order valence-corrected chi connectivity index (χ2v) is 4.16. The molecular weight excluding hydrogens is 233 g/mol. The molecule has 1 aromatic carbocycles. The summed E-state index contributed by atoms with van der Waals surface area (Å²) in [6.07, 6.45) is 0.0731. The Balaban J connectivity index is 2.33. The minimum Gasteiger partial charge on any atom is -0.481 e. The lowest BCUT2D eigenvalue weighted by Crippen LogP contribution is -2.07. The maximum atomic E-state index is 12.9. The molecule has 0 aliphatic heterocycles. The summed E-state index contributed by atoms with van der Waals surface area (Å²) in [6.45, 7) is 2.34. The number of rotatable bonds is 4. The maximum Gasteiger partial charge on any atom is 0.305 e. The molecular formula is C14H14FNO2.